The van der Waals surface area contributed by atoms with E-state index >= 15 is 0 Å². The molecular weight excluding hydrogens is 178 g/mol. The van der Waals surface area contributed by atoms with Crippen LogP contribution in [0.5, 0.6) is 0 Å². The molecule has 0 aromatic rings. The van der Waals surface area contributed by atoms with E-state index < -0.39 is 0 Å². The van der Waals surface area contributed by atoms with Crippen molar-refractivity contribution in [3.8, 4) is 0 Å². The zero-order valence-corrected chi connectivity index (χ0v) is 7.47. The Morgan fingerprint density at radius 3 is 3.08 bits per heavy atom. The molecule has 66 valence electrons. The van der Waals surface area contributed by atoms with Crippen molar-refractivity contribution in [1.29, 1.82) is 0 Å². The molecule has 0 unspecified atom stereocenters. The molecule has 0 saturated heterocycles. The lowest BCUT2D eigenvalue weighted by molar-refractivity contribution is -0.419. The van der Waals surface area contributed by atoms with Gasteiger partial charge < -0.3 is 4.18 Å². The van der Waals surface area contributed by atoms with E-state index in [0.29, 0.717) is 0 Å². The normalized spacial score (nSPS) is 16.8. The lowest BCUT2D eigenvalue weighted by atomic mass is 10.1. The van der Waals surface area contributed by atoms with Crippen molar-refractivity contribution in [2.75, 3.05) is 7.11 Å². The van der Waals surface area contributed by atoms with E-state index in [9.17, 15) is 10.1 Å². The van der Waals surface area contributed by atoms with Crippen LogP contribution in [0, 0.1) is 10.1 Å². The average Bonchev–Trinajstić information content (AvgIpc) is 2.05. The van der Waals surface area contributed by atoms with Crippen molar-refractivity contribution in [2.45, 2.75) is 12.8 Å². The van der Waals surface area contributed by atoms with Gasteiger partial charge in [-0.3, -0.25) is 10.1 Å². The van der Waals surface area contributed by atoms with E-state index in [1.165, 1.54) is 12.0 Å². The standard InChI is InChI=1S/C7H9NO3S/c1-11-12-7-4-2-3-6(5-7)8(9)10/h3,5H,2,4H2,1H3. The van der Waals surface area contributed by atoms with Crippen LogP contribution in [-0.4, -0.2) is 12.0 Å². The van der Waals surface area contributed by atoms with Crippen LogP contribution in [0.1, 0.15) is 12.8 Å². The van der Waals surface area contributed by atoms with E-state index in [1.54, 1.807) is 19.3 Å². The minimum atomic E-state index is -0.380. The highest BCUT2D eigenvalue weighted by Crippen LogP contribution is 2.27. The van der Waals surface area contributed by atoms with Crippen molar-refractivity contribution in [2.24, 2.45) is 0 Å². The van der Waals surface area contributed by atoms with Gasteiger partial charge in [-0.1, -0.05) is 0 Å². The van der Waals surface area contributed by atoms with E-state index in [1.807, 2.05) is 0 Å². The van der Waals surface area contributed by atoms with Crippen LogP contribution in [0.2, 0.25) is 0 Å². The van der Waals surface area contributed by atoms with Gasteiger partial charge in [-0.15, -0.1) is 0 Å². The summed E-state index contributed by atoms with van der Waals surface area (Å²) >= 11 is 1.19. The Labute approximate surface area is 74.6 Å². The third kappa shape index (κ3) is 2.35. The molecule has 0 spiro atoms. The zero-order chi connectivity index (χ0) is 8.97. The Morgan fingerprint density at radius 2 is 2.50 bits per heavy atom. The quantitative estimate of drug-likeness (QED) is 0.386. The van der Waals surface area contributed by atoms with Gasteiger partial charge >= 0.3 is 0 Å². The molecule has 0 bridgehead atoms. The molecule has 0 N–H and O–H groups in total. The van der Waals surface area contributed by atoms with Crippen LogP contribution < -0.4 is 0 Å². The summed E-state index contributed by atoms with van der Waals surface area (Å²) in [6.07, 6.45) is 4.73. The predicted octanol–water partition coefficient (Wildman–Crippen LogP) is 2.12. The van der Waals surface area contributed by atoms with Gasteiger partial charge in [-0.25, -0.2) is 0 Å². The van der Waals surface area contributed by atoms with Crippen LogP contribution >= 0.6 is 12.0 Å². The third-order valence-corrected chi connectivity index (χ3v) is 2.16. The number of hydrogen-bond donors (Lipinski definition) is 0. The van der Waals surface area contributed by atoms with Gasteiger partial charge in [0, 0.05) is 23.0 Å². The van der Waals surface area contributed by atoms with Crippen LogP contribution in [0.4, 0.5) is 0 Å². The second-order valence-corrected chi connectivity index (χ2v) is 3.31. The SMILES string of the molecule is COSC1=CC([N+](=O)[O-])=CCC1. The van der Waals surface area contributed by atoms with E-state index in [4.69, 9.17) is 4.18 Å². The van der Waals surface area contributed by atoms with E-state index in [2.05, 4.69) is 0 Å². The molecule has 0 aromatic heterocycles. The molecule has 0 atom stereocenters. The topological polar surface area (TPSA) is 52.4 Å². The van der Waals surface area contributed by atoms with Gasteiger partial charge in [0.05, 0.1) is 12.0 Å². The fraction of sp³-hybridized carbons (Fsp3) is 0.429. The molecule has 12 heavy (non-hydrogen) atoms. The highest BCUT2D eigenvalue weighted by Gasteiger charge is 2.13. The maximum absolute atomic E-state index is 10.3. The number of rotatable bonds is 3. The number of allylic oxidation sites excluding steroid dienone is 3. The fourth-order valence-electron chi connectivity index (χ4n) is 0.958. The summed E-state index contributed by atoms with van der Waals surface area (Å²) in [7, 11) is 1.55. The van der Waals surface area contributed by atoms with Crippen LogP contribution in [0.15, 0.2) is 22.8 Å². The average molecular weight is 187 g/mol. The first-order valence-corrected chi connectivity index (χ1v) is 4.24. The lowest BCUT2D eigenvalue weighted by Crippen LogP contribution is -2.00. The van der Waals surface area contributed by atoms with Gasteiger partial charge in [-0.2, -0.15) is 0 Å². The van der Waals surface area contributed by atoms with E-state index in [-0.39, 0.29) is 10.6 Å². The highest BCUT2D eigenvalue weighted by molar-refractivity contribution is 7.98. The molecule has 0 heterocycles. The van der Waals surface area contributed by atoms with Gasteiger partial charge in [0.25, 0.3) is 5.70 Å². The molecule has 0 radical (unpaired) electrons. The van der Waals surface area contributed by atoms with Crippen LogP contribution in [-0.2, 0) is 4.18 Å². The maximum Gasteiger partial charge on any atom is 0.266 e. The van der Waals surface area contributed by atoms with Crippen molar-refractivity contribution >= 4 is 12.0 Å². The summed E-state index contributed by atoms with van der Waals surface area (Å²) < 4.78 is 4.81. The molecule has 0 aromatic carbocycles. The van der Waals surface area contributed by atoms with Gasteiger partial charge in [0.1, 0.15) is 0 Å². The Kier molecular flexibility index (Phi) is 3.31. The Hall–Kier alpha value is -0.810. The van der Waals surface area contributed by atoms with Gasteiger partial charge in [0.15, 0.2) is 0 Å². The fourth-order valence-corrected chi connectivity index (χ4v) is 1.54. The molecule has 4 nitrogen and oxygen atoms in total. The molecular formula is C7H9NO3S. The summed E-state index contributed by atoms with van der Waals surface area (Å²) in [6, 6.07) is 0. The zero-order valence-electron chi connectivity index (χ0n) is 6.65. The Bertz CT molecular complexity index is 247. The molecule has 0 aliphatic heterocycles. The molecule has 1 aliphatic rings. The van der Waals surface area contributed by atoms with Crippen molar-refractivity contribution in [1.82, 2.24) is 0 Å². The minimum absolute atomic E-state index is 0.167. The molecule has 0 amide bonds. The van der Waals surface area contributed by atoms with Crippen molar-refractivity contribution in [3.05, 3.63) is 32.9 Å². The first kappa shape index (κ1) is 9.28. The molecule has 0 fully saturated rings. The first-order valence-electron chi connectivity index (χ1n) is 3.50. The summed E-state index contributed by atoms with van der Waals surface area (Å²) in [5.74, 6) is 0. The highest BCUT2D eigenvalue weighted by atomic mass is 32.2. The Morgan fingerprint density at radius 1 is 1.75 bits per heavy atom. The largest absolute Gasteiger partial charge is 0.314 e. The van der Waals surface area contributed by atoms with Crippen LogP contribution in [0.3, 0.4) is 0 Å². The Balaban J connectivity index is 2.67. The second kappa shape index (κ2) is 4.27. The number of nitrogens with zero attached hydrogens (tertiary/aromatic N) is 1. The molecule has 1 rings (SSSR count). The summed E-state index contributed by atoms with van der Waals surface area (Å²) in [4.78, 5) is 10.9. The van der Waals surface area contributed by atoms with Crippen LogP contribution in [0.25, 0.3) is 0 Å². The first-order chi connectivity index (χ1) is 5.74. The summed E-state index contributed by atoms with van der Waals surface area (Å²) in [5.41, 5.74) is 0.167. The predicted molar refractivity (Wildman–Crippen MR) is 47.0 cm³/mol. The lowest BCUT2D eigenvalue weighted by Gasteiger charge is -2.06. The number of hydrogen-bond acceptors (Lipinski definition) is 4. The summed E-state index contributed by atoms with van der Waals surface area (Å²) in [5, 5.41) is 10.3. The molecule has 5 heteroatoms. The smallest absolute Gasteiger partial charge is 0.266 e. The second-order valence-electron chi connectivity index (χ2n) is 2.29. The minimum Gasteiger partial charge on any atom is -0.314 e. The van der Waals surface area contributed by atoms with Gasteiger partial charge in [0.2, 0.25) is 0 Å². The van der Waals surface area contributed by atoms with Crippen molar-refractivity contribution in [3.63, 3.8) is 0 Å². The van der Waals surface area contributed by atoms with E-state index in [0.717, 1.165) is 17.7 Å². The van der Waals surface area contributed by atoms with Gasteiger partial charge in [-0.05, 0) is 18.9 Å². The maximum atomic E-state index is 10.3. The summed E-state index contributed by atoms with van der Waals surface area (Å²) in [6.45, 7) is 0. The monoisotopic (exact) mass is 187 g/mol. The molecule has 1 aliphatic carbocycles. The molecule has 0 saturated carbocycles. The number of nitro groups is 1. The third-order valence-electron chi connectivity index (χ3n) is 1.45. The van der Waals surface area contributed by atoms with Crippen molar-refractivity contribution < 1.29 is 9.11 Å².